The number of benzene rings is 1. The standard InChI is InChI=1S/C31H43F3O2/c1-27(35)18-19-29(3)23(20-27)11-13-24-25-14-12-21(28(25,2)17-15-26(24)29)10-7-16-30(36,31(32,33)34)22-8-5-4-6-9-22/h4-6,8-9,11,21,24-26,35-36H,7,10,12-20H2,1-3H3/t21?,24?,25?,26?,27-,28?,29?,30?/m0/s1. The van der Waals surface area contributed by atoms with E-state index in [4.69, 9.17) is 0 Å². The number of fused-ring (bicyclic) bond motifs is 5. The van der Waals surface area contributed by atoms with Crippen LogP contribution in [0.15, 0.2) is 42.0 Å². The number of allylic oxidation sites excluding steroid dienone is 1. The average molecular weight is 505 g/mol. The highest BCUT2D eigenvalue weighted by Crippen LogP contribution is 2.67. The average Bonchev–Trinajstić information content (AvgIpc) is 3.15. The molecule has 4 aliphatic carbocycles. The number of halogens is 3. The zero-order valence-corrected chi connectivity index (χ0v) is 22.1. The molecular formula is C31H43F3O2. The van der Waals surface area contributed by atoms with Gasteiger partial charge in [0, 0.05) is 0 Å². The lowest BCUT2D eigenvalue weighted by Crippen LogP contribution is -2.51. The number of aliphatic hydroxyl groups is 2. The molecule has 4 aliphatic rings. The van der Waals surface area contributed by atoms with Gasteiger partial charge in [-0.3, -0.25) is 0 Å². The summed E-state index contributed by atoms with van der Waals surface area (Å²) >= 11 is 0. The third kappa shape index (κ3) is 4.17. The van der Waals surface area contributed by atoms with Crippen molar-refractivity contribution in [2.24, 2.45) is 34.5 Å². The minimum absolute atomic E-state index is 0.0574. The molecule has 0 radical (unpaired) electrons. The fraction of sp³-hybridized carbons (Fsp3) is 0.742. The quantitative estimate of drug-likeness (QED) is 0.400. The lowest BCUT2D eigenvalue weighted by Gasteiger charge is -2.59. The van der Waals surface area contributed by atoms with E-state index >= 15 is 0 Å². The van der Waals surface area contributed by atoms with Gasteiger partial charge < -0.3 is 10.2 Å². The van der Waals surface area contributed by atoms with E-state index in [1.807, 2.05) is 6.92 Å². The van der Waals surface area contributed by atoms with Gasteiger partial charge in [0.2, 0.25) is 0 Å². The summed E-state index contributed by atoms with van der Waals surface area (Å²) < 4.78 is 41.9. The van der Waals surface area contributed by atoms with E-state index in [2.05, 4.69) is 19.9 Å². The fourth-order valence-corrected chi connectivity index (χ4v) is 9.16. The first-order valence-electron chi connectivity index (χ1n) is 14.1. The van der Waals surface area contributed by atoms with Crippen LogP contribution in [0.2, 0.25) is 0 Å². The molecule has 0 heterocycles. The molecule has 0 saturated heterocycles. The first kappa shape index (κ1) is 26.3. The molecule has 1 aromatic rings. The molecule has 0 amide bonds. The van der Waals surface area contributed by atoms with Crippen molar-refractivity contribution >= 4 is 0 Å². The summed E-state index contributed by atoms with van der Waals surface area (Å²) in [4.78, 5) is 0. The molecule has 3 fully saturated rings. The van der Waals surface area contributed by atoms with Gasteiger partial charge >= 0.3 is 6.18 Å². The molecule has 0 bridgehead atoms. The van der Waals surface area contributed by atoms with Gasteiger partial charge in [0.05, 0.1) is 5.60 Å². The first-order chi connectivity index (χ1) is 16.8. The van der Waals surface area contributed by atoms with Crippen LogP contribution >= 0.6 is 0 Å². The summed E-state index contributed by atoms with van der Waals surface area (Å²) in [6.45, 7) is 6.81. The zero-order chi connectivity index (χ0) is 26.0. The van der Waals surface area contributed by atoms with Gasteiger partial charge in [-0.15, -0.1) is 0 Å². The van der Waals surface area contributed by atoms with Crippen molar-refractivity contribution in [1.29, 1.82) is 0 Å². The Morgan fingerprint density at radius 1 is 0.944 bits per heavy atom. The van der Waals surface area contributed by atoms with Crippen LogP contribution in [0.3, 0.4) is 0 Å². The second-order valence-corrected chi connectivity index (χ2v) is 13.4. The summed E-state index contributed by atoms with van der Waals surface area (Å²) in [5.41, 5.74) is -1.61. The third-order valence-corrected chi connectivity index (χ3v) is 11.4. The molecule has 1 aromatic carbocycles. The molecule has 36 heavy (non-hydrogen) atoms. The minimum Gasteiger partial charge on any atom is -0.390 e. The summed E-state index contributed by atoms with van der Waals surface area (Å²) in [6.07, 6.45) is 6.95. The van der Waals surface area contributed by atoms with Crippen LogP contribution in [-0.4, -0.2) is 22.0 Å². The van der Waals surface area contributed by atoms with E-state index in [1.165, 1.54) is 30.5 Å². The molecule has 200 valence electrons. The molecule has 5 rings (SSSR count). The highest BCUT2D eigenvalue weighted by atomic mass is 19.4. The molecule has 2 nitrogen and oxygen atoms in total. The third-order valence-electron chi connectivity index (χ3n) is 11.4. The molecule has 0 spiro atoms. The topological polar surface area (TPSA) is 40.5 Å². The zero-order valence-electron chi connectivity index (χ0n) is 22.1. The largest absolute Gasteiger partial charge is 0.421 e. The van der Waals surface area contributed by atoms with Crippen LogP contribution in [0.5, 0.6) is 0 Å². The van der Waals surface area contributed by atoms with Crippen molar-refractivity contribution in [1.82, 2.24) is 0 Å². The lowest BCUT2D eigenvalue weighted by molar-refractivity contribution is -0.269. The van der Waals surface area contributed by atoms with E-state index in [9.17, 15) is 23.4 Å². The fourth-order valence-electron chi connectivity index (χ4n) is 9.16. The van der Waals surface area contributed by atoms with Crippen molar-refractivity contribution in [3.8, 4) is 0 Å². The van der Waals surface area contributed by atoms with Crippen molar-refractivity contribution < 1.29 is 23.4 Å². The van der Waals surface area contributed by atoms with Crippen molar-refractivity contribution in [2.45, 2.75) is 109 Å². The number of alkyl halides is 3. The van der Waals surface area contributed by atoms with E-state index in [-0.39, 0.29) is 22.8 Å². The predicted molar refractivity (Wildman–Crippen MR) is 136 cm³/mol. The Balaban J connectivity index is 1.28. The van der Waals surface area contributed by atoms with Gasteiger partial charge in [-0.05, 0) is 118 Å². The second kappa shape index (κ2) is 8.86. The van der Waals surface area contributed by atoms with Crippen molar-refractivity contribution in [3.05, 3.63) is 47.5 Å². The van der Waals surface area contributed by atoms with E-state index in [0.717, 1.165) is 44.9 Å². The van der Waals surface area contributed by atoms with Gasteiger partial charge in [0.25, 0.3) is 0 Å². The summed E-state index contributed by atoms with van der Waals surface area (Å²) in [6, 6.07) is 7.57. The van der Waals surface area contributed by atoms with Gasteiger partial charge in [-0.2, -0.15) is 13.2 Å². The number of hydrogen-bond acceptors (Lipinski definition) is 2. The van der Waals surface area contributed by atoms with E-state index in [0.29, 0.717) is 30.1 Å². The van der Waals surface area contributed by atoms with Gasteiger partial charge in [-0.1, -0.05) is 55.8 Å². The van der Waals surface area contributed by atoms with Crippen LogP contribution in [0.25, 0.3) is 0 Å². The Hall–Kier alpha value is -1.33. The predicted octanol–water partition coefficient (Wildman–Crippen LogP) is 7.94. The minimum atomic E-state index is -4.69. The van der Waals surface area contributed by atoms with Gasteiger partial charge in [0.15, 0.2) is 5.60 Å². The smallest absolute Gasteiger partial charge is 0.390 e. The maximum absolute atomic E-state index is 14.0. The molecule has 0 aromatic heterocycles. The van der Waals surface area contributed by atoms with Gasteiger partial charge in [-0.25, -0.2) is 0 Å². The SMILES string of the molecule is CC12CC[C@](C)(O)CC1=CCC1C2CCC2(C)C(CCCC(O)(c3ccccc3)C(F)(F)F)CCC12. The molecule has 5 heteroatoms. The first-order valence-corrected chi connectivity index (χ1v) is 14.1. The number of hydrogen-bond donors (Lipinski definition) is 2. The van der Waals surface area contributed by atoms with Crippen LogP contribution < -0.4 is 0 Å². The molecular weight excluding hydrogens is 461 g/mol. The van der Waals surface area contributed by atoms with Crippen molar-refractivity contribution in [2.75, 3.05) is 0 Å². The second-order valence-electron chi connectivity index (χ2n) is 13.4. The summed E-state index contributed by atoms with van der Waals surface area (Å²) in [5, 5.41) is 21.5. The molecule has 7 unspecified atom stereocenters. The Morgan fingerprint density at radius 2 is 1.67 bits per heavy atom. The maximum atomic E-state index is 14.0. The maximum Gasteiger partial charge on any atom is 0.421 e. The normalized spacial score (nSPS) is 42.1. The summed E-state index contributed by atoms with van der Waals surface area (Å²) in [7, 11) is 0. The highest BCUT2D eigenvalue weighted by Gasteiger charge is 2.59. The van der Waals surface area contributed by atoms with E-state index in [1.54, 1.807) is 18.2 Å². The summed E-state index contributed by atoms with van der Waals surface area (Å²) in [5.74, 6) is 2.33. The van der Waals surface area contributed by atoms with Crippen LogP contribution in [0.4, 0.5) is 13.2 Å². The van der Waals surface area contributed by atoms with Crippen molar-refractivity contribution in [3.63, 3.8) is 0 Å². The van der Waals surface area contributed by atoms with Crippen LogP contribution in [0.1, 0.15) is 97.0 Å². The van der Waals surface area contributed by atoms with Gasteiger partial charge in [0.1, 0.15) is 0 Å². The Labute approximate surface area is 214 Å². The molecule has 0 aliphatic heterocycles. The van der Waals surface area contributed by atoms with Crippen LogP contribution in [-0.2, 0) is 5.60 Å². The Morgan fingerprint density at radius 3 is 2.36 bits per heavy atom. The monoisotopic (exact) mass is 504 g/mol. The number of rotatable bonds is 5. The van der Waals surface area contributed by atoms with Crippen LogP contribution in [0, 0.1) is 34.5 Å². The lowest BCUT2D eigenvalue weighted by atomic mass is 9.46. The highest BCUT2D eigenvalue weighted by molar-refractivity contribution is 5.27. The molecule has 3 saturated carbocycles. The van der Waals surface area contributed by atoms with E-state index < -0.39 is 17.4 Å². The molecule has 8 atom stereocenters. The Kier molecular flexibility index (Phi) is 6.47. The molecule has 2 N–H and O–H groups in total. The Bertz CT molecular complexity index is 985.